The molecule has 0 saturated carbocycles. The van der Waals surface area contributed by atoms with Gasteiger partial charge >= 0.3 is 0 Å². The Kier molecular flexibility index (Phi) is 3.60. The van der Waals surface area contributed by atoms with Crippen molar-refractivity contribution in [1.82, 2.24) is 0 Å². The zero-order valence-electron chi connectivity index (χ0n) is 5.95. The average Bonchev–Trinajstić information content (AvgIpc) is 1.80. The van der Waals surface area contributed by atoms with Crippen LogP contribution in [0.15, 0.2) is 12.7 Å². The second kappa shape index (κ2) is 3.73. The third-order valence-electron chi connectivity index (χ3n) is 1.31. The molecule has 0 spiro atoms. The zero-order chi connectivity index (χ0) is 8.20. The second-order valence-corrected chi connectivity index (χ2v) is 3.77. The van der Waals surface area contributed by atoms with Gasteiger partial charge in [-0.15, -0.1) is 6.58 Å². The van der Waals surface area contributed by atoms with E-state index in [-0.39, 0.29) is 0 Å². The fraction of sp³-hybridized carbons (Fsp3) is 0.667. The SMILES string of the molecule is C=CCC(CC)S(=O)(=O)O. The van der Waals surface area contributed by atoms with Gasteiger partial charge in [0.05, 0.1) is 5.25 Å². The van der Waals surface area contributed by atoms with Crippen molar-refractivity contribution in [2.45, 2.75) is 25.0 Å². The van der Waals surface area contributed by atoms with Crippen LogP contribution < -0.4 is 0 Å². The van der Waals surface area contributed by atoms with Crippen LogP contribution in [0.2, 0.25) is 0 Å². The van der Waals surface area contributed by atoms with E-state index in [0.717, 1.165) is 0 Å². The zero-order valence-corrected chi connectivity index (χ0v) is 6.76. The van der Waals surface area contributed by atoms with Crippen LogP contribution in [0.4, 0.5) is 0 Å². The van der Waals surface area contributed by atoms with Crippen molar-refractivity contribution in [3.05, 3.63) is 12.7 Å². The van der Waals surface area contributed by atoms with Gasteiger partial charge < -0.3 is 0 Å². The van der Waals surface area contributed by atoms with Gasteiger partial charge in [0.15, 0.2) is 0 Å². The Hall–Kier alpha value is -0.350. The summed E-state index contributed by atoms with van der Waals surface area (Å²) < 4.78 is 29.5. The van der Waals surface area contributed by atoms with E-state index in [1.807, 2.05) is 0 Å². The lowest BCUT2D eigenvalue weighted by atomic mass is 10.2. The Morgan fingerprint density at radius 1 is 1.70 bits per heavy atom. The maximum Gasteiger partial charge on any atom is 0.268 e. The van der Waals surface area contributed by atoms with Crippen LogP contribution in [0.3, 0.4) is 0 Å². The van der Waals surface area contributed by atoms with Gasteiger partial charge in [-0.25, -0.2) is 0 Å². The normalized spacial score (nSPS) is 14.6. The molecule has 0 aliphatic heterocycles. The molecular weight excluding hydrogens is 152 g/mol. The van der Waals surface area contributed by atoms with E-state index in [1.165, 1.54) is 6.08 Å². The van der Waals surface area contributed by atoms with Crippen molar-refractivity contribution < 1.29 is 13.0 Å². The first-order chi connectivity index (χ1) is 4.52. The molecule has 4 heteroatoms. The summed E-state index contributed by atoms with van der Waals surface area (Å²) in [6.45, 7) is 5.10. The van der Waals surface area contributed by atoms with E-state index in [2.05, 4.69) is 6.58 Å². The molecule has 60 valence electrons. The van der Waals surface area contributed by atoms with E-state index < -0.39 is 15.4 Å². The molecule has 0 radical (unpaired) electrons. The Morgan fingerprint density at radius 3 is 2.30 bits per heavy atom. The van der Waals surface area contributed by atoms with Crippen LogP contribution in [-0.4, -0.2) is 18.2 Å². The van der Waals surface area contributed by atoms with Crippen molar-refractivity contribution in [3.8, 4) is 0 Å². The average molecular weight is 164 g/mol. The number of allylic oxidation sites excluding steroid dienone is 1. The van der Waals surface area contributed by atoms with Crippen LogP contribution >= 0.6 is 0 Å². The molecule has 0 aromatic rings. The van der Waals surface area contributed by atoms with Crippen LogP contribution in [0.5, 0.6) is 0 Å². The van der Waals surface area contributed by atoms with Crippen molar-refractivity contribution in [2.75, 3.05) is 0 Å². The summed E-state index contributed by atoms with van der Waals surface area (Å²) in [6, 6.07) is 0. The molecule has 3 nitrogen and oxygen atoms in total. The van der Waals surface area contributed by atoms with Gasteiger partial charge in [0.2, 0.25) is 0 Å². The minimum atomic E-state index is -3.85. The summed E-state index contributed by atoms with van der Waals surface area (Å²) in [5.74, 6) is 0. The number of hydrogen-bond acceptors (Lipinski definition) is 2. The van der Waals surface area contributed by atoms with Gasteiger partial charge in [-0.05, 0) is 12.8 Å². The lowest BCUT2D eigenvalue weighted by Crippen LogP contribution is -2.18. The minimum absolute atomic E-state index is 0.315. The molecule has 0 fully saturated rings. The molecule has 0 aliphatic rings. The fourth-order valence-electron chi connectivity index (χ4n) is 0.685. The second-order valence-electron chi connectivity index (χ2n) is 2.07. The molecule has 0 aromatic heterocycles. The third-order valence-corrected chi connectivity index (χ3v) is 2.67. The van der Waals surface area contributed by atoms with Gasteiger partial charge in [0.25, 0.3) is 10.1 Å². The third kappa shape index (κ3) is 2.98. The minimum Gasteiger partial charge on any atom is -0.285 e. The molecule has 0 heterocycles. The number of hydrogen-bond donors (Lipinski definition) is 1. The Labute approximate surface area is 61.5 Å². The lowest BCUT2D eigenvalue weighted by Gasteiger charge is -2.06. The van der Waals surface area contributed by atoms with Gasteiger partial charge in [-0.1, -0.05) is 13.0 Å². The smallest absolute Gasteiger partial charge is 0.268 e. The van der Waals surface area contributed by atoms with E-state index >= 15 is 0 Å². The molecule has 10 heavy (non-hydrogen) atoms. The van der Waals surface area contributed by atoms with Crippen molar-refractivity contribution in [1.29, 1.82) is 0 Å². The Morgan fingerprint density at radius 2 is 2.20 bits per heavy atom. The van der Waals surface area contributed by atoms with Gasteiger partial charge in [0, 0.05) is 0 Å². The van der Waals surface area contributed by atoms with Gasteiger partial charge in [0.1, 0.15) is 0 Å². The number of rotatable bonds is 4. The maximum atomic E-state index is 10.5. The summed E-state index contributed by atoms with van der Waals surface area (Å²) in [7, 11) is -3.85. The van der Waals surface area contributed by atoms with Crippen LogP contribution in [-0.2, 0) is 10.1 Å². The predicted octanol–water partition coefficient (Wildman–Crippen LogP) is 1.23. The molecule has 1 atom stereocenters. The molecule has 0 rings (SSSR count). The first kappa shape index (κ1) is 9.65. The lowest BCUT2D eigenvalue weighted by molar-refractivity contribution is 0.464. The highest BCUT2D eigenvalue weighted by atomic mass is 32.2. The highest BCUT2D eigenvalue weighted by Crippen LogP contribution is 2.08. The largest absolute Gasteiger partial charge is 0.285 e. The van der Waals surface area contributed by atoms with E-state index in [1.54, 1.807) is 6.92 Å². The molecule has 0 aromatic carbocycles. The van der Waals surface area contributed by atoms with Gasteiger partial charge in [-0.3, -0.25) is 4.55 Å². The molecule has 1 N–H and O–H groups in total. The molecule has 0 amide bonds. The topological polar surface area (TPSA) is 54.4 Å². The standard InChI is InChI=1S/C6H12O3S/c1-3-5-6(4-2)10(7,8)9/h3,6H,1,4-5H2,2H3,(H,7,8,9). The molecular formula is C6H12O3S. The first-order valence-electron chi connectivity index (χ1n) is 3.09. The molecule has 0 aliphatic carbocycles. The summed E-state index contributed by atoms with van der Waals surface area (Å²) in [6.07, 6.45) is 2.22. The molecule has 1 unspecified atom stereocenters. The van der Waals surface area contributed by atoms with Crippen molar-refractivity contribution >= 4 is 10.1 Å². The highest BCUT2D eigenvalue weighted by molar-refractivity contribution is 7.86. The quantitative estimate of drug-likeness (QED) is 0.502. The fourth-order valence-corrected chi connectivity index (χ4v) is 1.49. The van der Waals surface area contributed by atoms with E-state index in [0.29, 0.717) is 12.8 Å². The summed E-state index contributed by atoms with van der Waals surface area (Å²) in [5, 5.41) is -0.676. The summed E-state index contributed by atoms with van der Waals surface area (Å²) >= 11 is 0. The van der Waals surface area contributed by atoms with Crippen LogP contribution in [0.1, 0.15) is 19.8 Å². The molecule has 0 bridgehead atoms. The summed E-state index contributed by atoms with van der Waals surface area (Å²) in [5.41, 5.74) is 0. The monoisotopic (exact) mass is 164 g/mol. The van der Waals surface area contributed by atoms with Gasteiger partial charge in [-0.2, -0.15) is 8.42 Å². The Balaban J connectivity index is 4.22. The predicted molar refractivity (Wildman–Crippen MR) is 40.4 cm³/mol. The first-order valence-corrected chi connectivity index (χ1v) is 4.59. The van der Waals surface area contributed by atoms with Crippen LogP contribution in [0, 0.1) is 0 Å². The van der Waals surface area contributed by atoms with E-state index in [9.17, 15) is 8.42 Å². The van der Waals surface area contributed by atoms with Crippen LogP contribution in [0.25, 0.3) is 0 Å². The molecule has 0 saturated heterocycles. The van der Waals surface area contributed by atoms with Crippen molar-refractivity contribution in [2.24, 2.45) is 0 Å². The Bertz CT molecular complexity index is 193. The highest BCUT2D eigenvalue weighted by Gasteiger charge is 2.18. The summed E-state index contributed by atoms with van der Waals surface area (Å²) in [4.78, 5) is 0. The van der Waals surface area contributed by atoms with Crippen molar-refractivity contribution in [3.63, 3.8) is 0 Å². The maximum absolute atomic E-state index is 10.5. The van der Waals surface area contributed by atoms with E-state index in [4.69, 9.17) is 4.55 Å².